The highest BCUT2D eigenvalue weighted by Gasteiger charge is 2.41. The van der Waals surface area contributed by atoms with Gasteiger partial charge in [-0.1, -0.05) is 13.0 Å². The highest BCUT2D eigenvalue weighted by molar-refractivity contribution is 6.10. The number of hydrogen-bond acceptors (Lipinski definition) is 6. The monoisotopic (exact) mass is 458 g/mol. The average molecular weight is 459 g/mol. The zero-order valence-corrected chi connectivity index (χ0v) is 19.4. The Kier molecular flexibility index (Phi) is 6.47. The zero-order valence-electron chi connectivity index (χ0n) is 19.4. The SMILES string of the molecule is CCCC(=O)Nc1ccc(C2=NN=C(c3ccccn3)C3CCC4NC(=O)CC4CCC23)nc1. The van der Waals surface area contributed by atoms with E-state index >= 15 is 0 Å². The fraction of sp³-hybridized carbons (Fsp3) is 0.462. The van der Waals surface area contributed by atoms with Crippen LogP contribution in [0, 0.1) is 17.8 Å². The second kappa shape index (κ2) is 9.83. The first-order valence-corrected chi connectivity index (χ1v) is 12.2. The van der Waals surface area contributed by atoms with E-state index in [-0.39, 0.29) is 29.7 Å². The summed E-state index contributed by atoms with van der Waals surface area (Å²) in [7, 11) is 0. The molecule has 1 saturated heterocycles. The smallest absolute Gasteiger partial charge is 0.224 e. The van der Waals surface area contributed by atoms with E-state index in [2.05, 4.69) is 30.8 Å². The first-order valence-electron chi connectivity index (χ1n) is 12.2. The molecule has 2 aromatic rings. The molecule has 34 heavy (non-hydrogen) atoms. The van der Waals surface area contributed by atoms with Crippen molar-refractivity contribution in [2.24, 2.45) is 28.0 Å². The molecule has 0 radical (unpaired) electrons. The Morgan fingerprint density at radius 1 is 1.00 bits per heavy atom. The van der Waals surface area contributed by atoms with Crippen LogP contribution in [0.4, 0.5) is 5.69 Å². The molecule has 2 fully saturated rings. The molecule has 4 heterocycles. The molecule has 2 aromatic heterocycles. The standard InChI is InChI=1S/C26H30N6O2/c1-2-5-23(33)29-17-8-11-22(28-15-17)26-18-9-7-16-14-24(34)30-20(16)12-10-19(18)25(31-32-26)21-6-3-4-13-27-21/h3-4,6,8,11,13,15-16,18-20H,2,5,7,9-10,12,14H2,1H3,(H,29,33)(H,30,34). The van der Waals surface area contributed by atoms with Crippen molar-refractivity contribution in [3.8, 4) is 0 Å². The van der Waals surface area contributed by atoms with Gasteiger partial charge in [0.25, 0.3) is 0 Å². The highest BCUT2D eigenvalue weighted by atomic mass is 16.2. The molecule has 0 aromatic carbocycles. The fourth-order valence-corrected chi connectivity index (χ4v) is 5.51. The van der Waals surface area contributed by atoms with Gasteiger partial charge in [-0.05, 0) is 62.3 Å². The molecule has 2 N–H and O–H groups in total. The number of carbonyl (C=O) groups excluding carboxylic acids is 2. The number of hydrogen-bond donors (Lipinski definition) is 2. The summed E-state index contributed by atoms with van der Waals surface area (Å²) in [5.74, 6) is 0.836. The predicted octanol–water partition coefficient (Wildman–Crippen LogP) is 3.73. The van der Waals surface area contributed by atoms with Crippen molar-refractivity contribution in [3.05, 3.63) is 54.1 Å². The third-order valence-electron chi connectivity index (χ3n) is 7.17. The molecule has 5 rings (SSSR count). The third kappa shape index (κ3) is 4.62. The van der Waals surface area contributed by atoms with Gasteiger partial charge in [0.15, 0.2) is 0 Å². The van der Waals surface area contributed by atoms with Crippen molar-refractivity contribution in [1.82, 2.24) is 15.3 Å². The van der Waals surface area contributed by atoms with Gasteiger partial charge in [-0.25, -0.2) is 0 Å². The van der Waals surface area contributed by atoms with Crippen molar-refractivity contribution in [3.63, 3.8) is 0 Å². The Labute approximate surface area is 199 Å². The van der Waals surface area contributed by atoms with E-state index in [1.165, 1.54) is 0 Å². The summed E-state index contributed by atoms with van der Waals surface area (Å²) in [4.78, 5) is 33.2. The van der Waals surface area contributed by atoms with Gasteiger partial charge in [0.05, 0.1) is 34.7 Å². The largest absolute Gasteiger partial charge is 0.353 e. The molecule has 1 aliphatic carbocycles. The molecule has 0 bridgehead atoms. The van der Waals surface area contributed by atoms with E-state index in [9.17, 15) is 9.59 Å². The van der Waals surface area contributed by atoms with Crippen LogP contribution in [0.5, 0.6) is 0 Å². The quantitative estimate of drug-likeness (QED) is 0.711. The number of pyridine rings is 2. The number of amides is 2. The molecule has 4 unspecified atom stereocenters. The number of nitrogens with one attached hydrogen (secondary N) is 2. The molecular weight excluding hydrogens is 428 g/mol. The van der Waals surface area contributed by atoms with Gasteiger partial charge in [0.1, 0.15) is 0 Å². The maximum absolute atomic E-state index is 12.1. The minimum absolute atomic E-state index is 0.00832. The molecule has 0 spiro atoms. The van der Waals surface area contributed by atoms with Gasteiger partial charge < -0.3 is 10.6 Å². The van der Waals surface area contributed by atoms with Gasteiger partial charge in [-0.15, -0.1) is 0 Å². The van der Waals surface area contributed by atoms with Crippen molar-refractivity contribution >= 4 is 28.9 Å². The Morgan fingerprint density at radius 3 is 2.44 bits per heavy atom. The minimum atomic E-state index is -0.00832. The summed E-state index contributed by atoms with van der Waals surface area (Å²) in [6, 6.07) is 9.90. The summed E-state index contributed by atoms with van der Waals surface area (Å²) in [6.45, 7) is 1.98. The Hall–Kier alpha value is -3.42. The highest BCUT2D eigenvalue weighted by Crippen LogP contribution is 2.39. The van der Waals surface area contributed by atoms with Crippen LogP contribution in [-0.2, 0) is 9.59 Å². The first kappa shape index (κ1) is 22.4. The second-order valence-electron chi connectivity index (χ2n) is 9.42. The van der Waals surface area contributed by atoms with Crippen LogP contribution in [0.3, 0.4) is 0 Å². The number of carbonyl (C=O) groups is 2. The van der Waals surface area contributed by atoms with Crippen molar-refractivity contribution in [2.75, 3.05) is 5.32 Å². The summed E-state index contributed by atoms with van der Waals surface area (Å²) in [6.07, 6.45) is 9.09. The van der Waals surface area contributed by atoms with Crippen LogP contribution in [0.1, 0.15) is 63.3 Å². The molecule has 2 amide bonds. The van der Waals surface area contributed by atoms with Crippen molar-refractivity contribution in [1.29, 1.82) is 0 Å². The van der Waals surface area contributed by atoms with Gasteiger partial charge >= 0.3 is 0 Å². The fourth-order valence-electron chi connectivity index (χ4n) is 5.51. The van der Waals surface area contributed by atoms with Gasteiger partial charge in [-0.2, -0.15) is 10.2 Å². The van der Waals surface area contributed by atoms with E-state index in [0.29, 0.717) is 24.4 Å². The molecule has 1 saturated carbocycles. The molecule has 8 nitrogen and oxygen atoms in total. The zero-order chi connectivity index (χ0) is 23.5. The van der Waals surface area contributed by atoms with E-state index in [1.54, 1.807) is 12.4 Å². The maximum atomic E-state index is 12.1. The van der Waals surface area contributed by atoms with E-state index in [4.69, 9.17) is 0 Å². The number of nitrogens with zero attached hydrogens (tertiary/aromatic N) is 4. The predicted molar refractivity (Wildman–Crippen MR) is 131 cm³/mol. The van der Waals surface area contributed by atoms with Gasteiger partial charge in [0, 0.05) is 36.9 Å². The molecule has 2 aliphatic heterocycles. The Bertz CT molecular complexity index is 1110. The van der Waals surface area contributed by atoms with Crippen molar-refractivity contribution < 1.29 is 9.59 Å². The normalized spacial score (nSPS) is 26.2. The molecular formula is C26H30N6O2. The lowest BCUT2D eigenvalue weighted by Gasteiger charge is -2.35. The topological polar surface area (TPSA) is 109 Å². The molecule has 8 heteroatoms. The first-order chi connectivity index (χ1) is 16.6. The van der Waals surface area contributed by atoms with Crippen LogP contribution in [0.2, 0.25) is 0 Å². The van der Waals surface area contributed by atoms with E-state index in [0.717, 1.165) is 54.9 Å². The van der Waals surface area contributed by atoms with Crippen LogP contribution in [0.15, 0.2) is 52.9 Å². The molecule has 3 aliphatic rings. The van der Waals surface area contributed by atoms with E-state index < -0.39 is 0 Å². The second-order valence-corrected chi connectivity index (χ2v) is 9.42. The molecule has 176 valence electrons. The summed E-state index contributed by atoms with van der Waals surface area (Å²) < 4.78 is 0. The van der Waals surface area contributed by atoms with Crippen LogP contribution < -0.4 is 10.6 Å². The van der Waals surface area contributed by atoms with E-state index in [1.807, 2.05) is 37.3 Å². The van der Waals surface area contributed by atoms with Crippen LogP contribution in [0.25, 0.3) is 0 Å². The number of fused-ring (bicyclic) bond motifs is 2. The Balaban J connectivity index is 1.45. The maximum Gasteiger partial charge on any atom is 0.224 e. The number of aromatic nitrogens is 2. The van der Waals surface area contributed by atoms with Gasteiger partial charge in [-0.3, -0.25) is 19.6 Å². The Morgan fingerprint density at radius 2 is 1.76 bits per heavy atom. The van der Waals surface area contributed by atoms with Crippen LogP contribution >= 0.6 is 0 Å². The lowest BCUT2D eigenvalue weighted by molar-refractivity contribution is -0.119. The van der Waals surface area contributed by atoms with Crippen molar-refractivity contribution in [2.45, 2.75) is 57.9 Å². The lowest BCUT2D eigenvalue weighted by Crippen LogP contribution is -2.39. The number of anilines is 1. The number of rotatable bonds is 5. The summed E-state index contributed by atoms with van der Waals surface area (Å²) in [5, 5.41) is 15.4. The van der Waals surface area contributed by atoms with Gasteiger partial charge in [0.2, 0.25) is 11.8 Å². The van der Waals surface area contributed by atoms with Crippen LogP contribution in [-0.4, -0.2) is 39.2 Å². The minimum Gasteiger partial charge on any atom is -0.353 e. The summed E-state index contributed by atoms with van der Waals surface area (Å²) in [5.41, 5.74) is 4.12. The molecule has 4 atom stereocenters. The summed E-state index contributed by atoms with van der Waals surface area (Å²) >= 11 is 0. The third-order valence-corrected chi connectivity index (χ3v) is 7.17. The lowest BCUT2D eigenvalue weighted by atomic mass is 9.71. The average Bonchev–Trinajstić information content (AvgIpc) is 3.19.